The van der Waals surface area contributed by atoms with E-state index in [4.69, 9.17) is 14.5 Å². The Kier molecular flexibility index (Phi) is 5.82. The zero-order valence-electron chi connectivity index (χ0n) is 15.3. The van der Waals surface area contributed by atoms with Crippen molar-refractivity contribution >= 4 is 11.5 Å². The third-order valence-corrected chi connectivity index (χ3v) is 5.09. The molecule has 2 aliphatic rings. The summed E-state index contributed by atoms with van der Waals surface area (Å²) in [6.07, 6.45) is 7.26. The molecule has 0 amide bonds. The lowest BCUT2D eigenvalue weighted by Crippen LogP contribution is -2.45. The van der Waals surface area contributed by atoms with Crippen molar-refractivity contribution in [3.63, 3.8) is 0 Å². The van der Waals surface area contributed by atoms with Crippen LogP contribution in [0.5, 0.6) is 5.88 Å². The van der Waals surface area contributed by atoms with Gasteiger partial charge in [-0.3, -0.25) is 0 Å². The zero-order valence-corrected chi connectivity index (χ0v) is 15.3. The van der Waals surface area contributed by atoms with Crippen LogP contribution in [0.2, 0.25) is 0 Å². The van der Waals surface area contributed by atoms with Crippen LogP contribution in [0.25, 0.3) is 0 Å². The van der Waals surface area contributed by atoms with Crippen LogP contribution < -0.4 is 15.0 Å². The first-order chi connectivity index (χ1) is 11.7. The maximum absolute atomic E-state index is 5.81. The molecule has 0 bridgehead atoms. The van der Waals surface area contributed by atoms with Crippen molar-refractivity contribution in [1.29, 1.82) is 0 Å². The molecule has 3 rings (SSSR count). The van der Waals surface area contributed by atoms with E-state index in [1.807, 2.05) is 0 Å². The van der Waals surface area contributed by atoms with E-state index in [0.717, 1.165) is 37.1 Å². The summed E-state index contributed by atoms with van der Waals surface area (Å²) in [5.74, 6) is 2.44. The fourth-order valence-corrected chi connectivity index (χ4v) is 3.91. The molecule has 1 saturated heterocycles. The van der Waals surface area contributed by atoms with E-state index in [2.05, 4.69) is 36.2 Å². The molecule has 2 unspecified atom stereocenters. The van der Waals surface area contributed by atoms with Gasteiger partial charge >= 0.3 is 0 Å². The van der Waals surface area contributed by atoms with E-state index in [9.17, 15) is 0 Å². The van der Waals surface area contributed by atoms with Crippen LogP contribution in [-0.4, -0.2) is 43.9 Å². The fraction of sp³-hybridized carbons (Fsp3) is 0.737. The van der Waals surface area contributed by atoms with Gasteiger partial charge in [-0.05, 0) is 44.7 Å². The lowest BCUT2D eigenvalue weighted by molar-refractivity contribution is -0.00548. The molecular weight excluding hydrogens is 302 g/mol. The molecule has 5 heteroatoms. The van der Waals surface area contributed by atoms with Crippen molar-refractivity contribution in [2.24, 2.45) is 5.92 Å². The van der Waals surface area contributed by atoms with E-state index in [0.29, 0.717) is 5.88 Å². The largest absolute Gasteiger partial charge is 0.479 e. The summed E-state index contributed by atoms with van der Waals surface area (Å²) in [6, 6.07) is 4.20. The molecule has 1 N–H and O–H groups in total. The normalized spacial score (nSPS) is 25.5. The number of nitrogens with one attached hydrogen (secondary N) is 1. The second-order valence-corrected chi connectivity index (χ2v) is 7.27. The molecule has 1 saturated carbocycles. The Labute approximate surface area is 145 Å². The van der Waals surface area contributed by atoms with Gasteiger partial charge in [0.2, 0.25) is 5.88 Å². The topological polar surface area (TPSA) is 46.6 Å². The van der Waals surface area contributed by atoms with Crippen LogP contribution >= 0.6 is 0 Å². The van der Waals surface area contributed by atoms with E-state index >= 15 is 0 Å². The number of pyridine rings is 1. The van der Waals surface area contributed by atoms with Gasteiger partial charge in [-0.2, -0.15) is 4.98 Å². The summed E-state index contributed by atoms with van der Waals surface area (Å²) < 4.78 is 11.3. The summed E-state index contributed by atoms with van der Waals surface area (Å²) in [4.78, 5) is 7.02. The molecule has 1 aliphatic heterocycles. The Morgan fingerprint density at radius 2 is 1.88 bits per heavy atom. The Morgan fingerprint density at radius 1 is 1.17 bits per heavy atom. The first-order valence-electron chi connectivity index (χ1n) is 9.35. The van der Waals surface area contributed by atoms with Crippen LogP contribution in [0.4, 0.5) is 11.5 Å². The summed E-state index contributed by atoms with van der Waals surface area (Å²) in [6.45, 7) is 6.98. The number of rotatable bonds is 5. The molecular formula is C19H31N3O2. The second-order valence-electron chi connectivity index (χ2n) is 7.27. The maximum atomic E-state index is 5.81. The molecule has 1 aromatic heterocycles. The number of ether oxygens (including phenoxy) is 2. The van der Waals surface area contributed by atoms with Crippen molar-refractivity contribution in [1.82, 2.24) is 4.98 Å². The molecule has 24 heavy (non-hydrogen) atoms. The molecule has 0 spiro atoms. The summed E-state index contributed by atoms with van der Waals surface area (Å²) in [5, 5.41) is 3.55. The molecule has 2 heterocycles. The standard InChI is InChI=1S/C19H31N3O2/c1-14-12-22(13-15(2)24-14)18-10-9-17(19(21-18)23-3)20-11-16-7-5-4-6-8-16/h9-10,14-16,20H,4-8,11-13H2,1-3H3. The van der Waals surface area contributed by atoms with Gasteiger partial charge < -0.3 is 19.7 Å². The van der Waals surface area contributed by atoms with Gasteiger partial charge in [-0.15, -0.1) is 0 Å². The minimum atomic E-state index is 0.227. The number of methoxy groups -OCH3 is 1. The molecule has 1 aliphatic carbocycles. The molecule has 5 nitrogen and oxygen atoms in total. The average Bonchev–Trinajstić information content (AvgIpc) is 2.60. The smallest absolute Gasteiger partial charge is 0.239 e. The van der Waals surface area contributed by atoms with Gasteiger partial charge in [-0.1, -0.05) is 19.3 Å². The number of hydrogen-bond acceptors (Lipinski definition) is 5. The van der Waals surface area contributed by atoms with Gasteiger partial charge in [0.15, 0.2) is 0 Å². The minimum absolute atomic E-state index is 0.227. The molecule has 2 fully saturated rings. The third kappa shape index (κ3) is 4.32. The van der Waals surface area contributed by atoms with Crippen molar-refractivity contribution in [3.8, 4) is 5.88 Å². The number of hydrogen-bond donors (Lipinski definition) is 1. The maximum Gasteiger partial charge on any atom is 0.239 e. The number of aromatic nitrogens is 1. The van der Waals surface area contributed by atoms with Gasteiger partial charge in [0, 0.05) is 19.6 Å². The van der Waals surface area contributed by atoms with Gasteiger partial charge in [0.25, 0.3) is 0 Å². The first-order valence-corrected chi connectivity index (χ1v) is 9.35. The highest BCUT2D eigenvalue weighted by Gasteiger charge is 2.24. The highest BCUT2D eigenvalue weighted by Crippen LogP contribution is 2.29. The van der Waals surface area contributed by atoms with Crippen molar-refractivity contribution in [2.45, 2.75) is 58.2 Å². The predicted molar refractivity (Wildman–Crippen MR) is 98.1 cm³/mol. The van der Waals surface area contributed by atoms with Crippen LogP contribution in [0.1, 0.15) is 46.0 Å². The van der Waals surface area contributed by atoms with Crippen molar-refractivity contribution in [2.75, 3.05) is 37.0 Å². The quantitative estimate of drug-likeness (QED) is 0.890. The highest BCUT2D eigenvalue weighted by atomic mass is 16.5. The van der Waals surface area contributed by atoms with Gasteiger partial charge in [0.05, 0.1) is 25.0 Å². The summed E-state index contributed by atoms with van der Waals surface area (Å²) in [5.41, 5.74) is 1.00. The summed E-state index contributed by atoms with van der Waals surface area (Å²) >= 11 is 0. The van der Waals surface area contributed by atoms with Gasteiger partial charge in [0.1, 0.15) is 5.82 Å². The Hall–Kier alpha value is -1.49. The number of morpholine rings is 1. The Morgan fingerprint density at radius 3 is 2.54 bits per heavy atom. The second kappa shape index (κ2) is 8.06. The SMILES string of the molecule is COc1nc(N2CC(C)OC(C)C2)ccc1NCC1CCCCC1. The highest BCUT2D eigenvalue weighted by molar-refractivity contribution is 5.58. The predicted octanol–water partition coefficient (Wildman–Crippen LogP) is 3.70. The summed E-state index contributed by atoms with van der Waals surface area (Å²) in [7, 11) is 1.70. The van der Waals surface area contributed by atoms with Crippen LogP contribution in [0.3, 0.4) is 0 Å². The fourth-order valence-electron chi connectivity index (χ4n) is 3.91. The molecule has 0 radical (unpaired) electrons. The van der Waals surface area contributed by atoms with Crippen LogP contribution in [0, 0.1) is 5.92 Å². The van der Waals surface area contributed by atoms with E-state index in [1.54, 1.807) is 7.11 Å². The minimum Gasteiger partial charge on any atom is -0.479 e. The number of nitrogens with zero attached hydrogens (tertiary/aromatic N) is 2. The van der Waals surface area contributed by atoms with Crippen LogP contribution in [0.15, 0.2) is 12.1 Å². The van der Waals surface area contributed by atoms with E-state index in [1.165, 1.54) is 32.1 Å². The van der Waals surface area contributed by atoms with Crippen molar-refractivity contribution in [3.05, 3.63) is 12.1 Å². The molecule has 2 atom stereocenters. The molecule has 1 aromatic rings. The Balaban J connectivity index is 1.66. The van der Waals surface area contributed by atoms with E-state index in [-0.39, 0.29) is 12.2 Å². The first kappa shape index (κ1) is 17.3. The lowest BCUT2D eigenvalue weighted by Gasteiger charge is -2.36. The van der Waals surface area contributed by atoms with Gasteiger partial charge in [-0.25, -0.2) is 0 Å². The van der Waals surface area contributed by atoms with Crippen molar-refractivity contribution < 1.29 is 9.47 Å². The zero-order chi connectivity index (χ0) is 16.9. The van der Waals surface area contributed by atoms with Crippen LogP contribution in [-0.2, 0) is 4.74 Å². The molecule has 0 aromatic carbocycles. The molecule has 134 valence electrons. The number of anilines is 2. The average molecular weight is 333 g/mol. The van der Waals surface area contributed by atoms with E-state index < -0.39 is 0 Å². The lowest BCUT2D eigenvalue weighted by atomic mass is 9.89. The monoisotopic (exact) mass is 333 g/mol. The Bertz CT molecular complexity index is 521. The third-order valence-electron chi connectivity index (χ3n) is 5.09.